The maximum Gasteiger partial charge on any atom is 0.234 e. The second-order valence-corrected chi connectivity index (χ2v) is 3.25. The fourth-order valence-corrected chi connectivity index (χ4v) is 0.427. The van der Waals surface area contributed by atoms with Crippen molar-refractivity contribution in [2.75, 3.05) is 0 Å². The fraction of sp³-hybridized carbons (Fsp3) is 0.833. The van der Waals surface area contributed by atoms with E-state index in [-0.39, 0.29) is 5.41 Å². The first kappa shape index (κ1) is 8.43. The number of carbonyl (C=O) groups is 1. The summed E-state index contributed by atoms with van der Waals surface area (Å²) in [7, 11) is 0. The van der Waals surface area contributed by atoms with E-state index < -0.39 is 11.9 Å². The van der Waals surface area contributed by atoms with E-state index in [0.29, 0.717) is 0 Å². The Morgan fingerprint density at radius 1 is 1.44 bits per heavy atom. The van der Waals surface area contributed by atoms with E-state index in [4.69, 9.17) is 11.5 Å². The van der Waals surface area contributed by atoms with Gasteiger partial charge in [-0.25, -0.2) is 0 Å². The third kappa shape index (κ3) is 2.46. The van der Waals surface area contributed by atoms with Gasteiger partial charge in [-0.05, 0) is 5.41 Å². The van der Waals surface area contributed by atoms with Gasteiger partial charge in [0.25, 0.3) is 0 Å². The molecule has 0 saturated heterocycles. The van der Waals surface area contributed by atoms with Crippen LogP contribution in [0.5, 0.6) is 0 Å². The molecule has 0 aliphatic carbocycles. The summed E-state index contributed by atoms with van der Waals surface area (Å²) in [6, 6.07) is -0.544. The lowest BCUT2D eigenvalue weighted by Gasteiger charge is -2.23. The quantitative estimate of drug-likeness (QED) is 0.518. The van der Waals surface area contributed by atoms with Crippen molar-refractivity contribution in [1.82, 2.24) is 0 Å². The first-order valence-corrected chi connectivity index (χ1v) is 2.90. The highest BCUT2D eigenvalue weighted by molar-refractivity contribution is 5.80. The Morgan fingerprint density at radius 3 is 1.78 bits per heavy atom. The highest BCUT2D eigenvalue weighted by atomic mass is 16.1. The van der Waals surface area contributed by atoms with E-state index in [2.05, 4.69) is 0 Å². The van der Waals surface area contributed by atoms with E-state index in [9.17, 15) is 4.79 Å². The molecule has 0 saturated carbocycles. The fourth-order valence-electron chi connectivity index (χ4n) is 0.427. The van der Waals surface area contributed by atoms with Gasteiger partial charge in [0.15, 0.2) is 0 Å². The van der Waals surface area contributed by atoms with E-state index in [0.717, 1.165) is 0 Å². The molecule has 1 amide bonds. The number of carbonyl (C=O) groups excluding carboxylic acids is 1. The Kier molecular flexibility index (Phi) is 2.20. The predicted molar refractivity (Wildman–Crippen MR) is 36.6 cm³/mol. The Morgan fingerprint density at radius 2 is 1.78 bits per heavy atom. The van der Waals surface area contributed by atoms with Crippen LogP contribution >= 0.6 is 0 Å². The topological polar surface area (TPSA) is 69.1 Å². The van der Waals surface area contributed by atoms with Crippen LogP contribution in [0.25, 0.3) is 0 Å². The Hall–Kier alpha value is -0.570. The van der Waals surface area contributed by atoms with Crippen LogP contribution in [0.15, 0.2) is 0 Å². The zero-order valence-corrected chi connectivity index (χ0v) is 6.14. The van der Waals surface area contributed by atoms with Gasteiger partial charge < -0.3 is 11.5 Å². The van der Waals surface area contributed by atoms with Gasteiger partial charge in [0.1, 0.15) is 0 Å². The number of rotatable bonds is 1. The van der Waals surface area contributed by atoms with Crippen LogP contribution < -0.4 is 11.5 Å². The van der Waals surface area contributed by atoms with Crippen molar-refractivity contribution in [3.05, 3.63) is 0 Å². The summed E-state index contributed by atoms with van der Waals surface area (Å²) in [5.74, 6) is -0.442. The van der Waals surface area contributed by atoms with Crippen molar-refractivity contribution in [1.29, 1.82) is 0 Å². The SMILES string of the molecule is CC(C)(C)[C@@H](N)C(N)=O. The minimum absolute atomic E-state index is 0.216. The van der Waals surface area contributed by atoms with E-state index in [1.165, 1.54) is 0 Å². The van der Waals surface area contributed by atoms with Crippen molar-refractivity contribution in [2.24, 2.45) is 16.9 Å². The molecule has 0 radical (unpaired) electrons. The van der Waals surface area contributed by atoms with Gasteiger partial charge in [0.05, 0.1) is 6.04 Å². The van der Waals surface area contributed by atoms with Crippen LogP contribution in [-0.4, -0.2) is 11.9 Å². The normalized spacial score (nSPS) is 15.1. The summed E-state index contributed by atoms with van der Waals surface area (Å²) in [6.45, 7) is 5.63. The average Bonchev–Trinajstić information content (AvgIpc) is 1.62. The third-order valence-electron chi connectivity index (χ3n) is 1.24. The molecule has 54 valence electrons. The molecule has 0 aromatic heterocycles. The maximum absolute atomic E-state index is 10.4. The highest BCUT2D eigenvalue weighted by Gasteiger charge is 2.24. The van der Waals surface area contributed by atoms with Crippen molar-refractivity contribution in [3.8, 4) is 0 Å². The highest BCUT2D eigenvalue weighted by Crippen LogP contribution is 2.16. The first-order chi connectivity index (χ1) is 3.85. The number of amides is 1. The van der Waals surface area contributed by atoms with Gasteiger partial charge in [-0.3, -0.25) is 4.79 Å². The smallest absolute Gasteiger partial charge is 0.234 e. The van der Waals surface area contributed by atoms with Crippen molar-refractivity contribution in [3.63, 3.8) is 0 Å². The lowest BCUT2D eigenvalue weighted by atomic mass is 9.87. The molecule has 0 heterocycles. The average molecular weight is 130 g/mol. The number of hydrogen-bond acceptors (Lipinski definition) is 2. The summed E-state index contributed by atoms with van der Waals surface area (Å²) >= 11 is 0. The lowest BCUT2D eigenvalue weighted by molar-refractivity contribution is -0.121. The Bertz CT molecular complexity index is 115. The molecule has 0 unspecified atom stereocenters. The molecule has 0 rings (SSSR count). The number of primary amides is 1. The number of nitrogens with two attached hydrogens (primary N) is 2. The lowest BCUT2D eigenvalue weighted by Crippen LogP contribution is -2.46. The Balaban J connectivity index is 4.04. The standard InChI is InChI=1S/C6H14N2O/c1-6(2,3)4(7)5(8)9/h4H,7H2,1-3H3,(H2,8,9)/t4-/m0/s1. The largest absolute Gasteiger partial charge is 0.368 e. The van der Waals surface area contributed by atoms with Crippen LogP contribution in [0.1, 0.15) is 20.8 Å². The summed E-state index contributed by atoms with van der Waals surface area (Å²) in [6.07, 6.45) is 0. The van der Waals surface area contributed by atoms with Crippen molar-refractivity contribution in [2.45, 2.75) is 26.8 Å². The predicted octanol–water partition coefficient (Wildman–Crippen LogP) is -0.155. The van der Waals surface area contributed by atoms with Crippen LogP contribution in [0, 0.1) is 5.41 Å². The molecule has 0 spiro atoms. The van der Waals surface area contributed by atoms with E-state index in [1.54, 1.807) is 0 Å². The minimum Gasteiger partial charge on any atom is -0.368 e. The maximum atomic E-state index is 10.4. The monoisotopic (exact) mass is 130 g/mol. The van der Waals surface area contributed by atoms with Crippen LogP contribution in [-0.2, 0) is 4.79 Å². The zero-order valence-electron chi connectivity index (χ0n) is 6.14. The minimum atomic E-state index is -0.544. The van der Waals surface area contributed by atoms with Crippen LogP contribution in [0.2, 0.25) is 0 Å². The summed E-state index contributed by atoms with van der Waals surface area (Å²) in [5, 5.41) is 0. The van der Waals surface area contributed by atoms with Gasteiger partial charge in [-0.2, -0.15) is 0 Å². The van der Waals surface area contributed by atoms with Gasteiger partial charge in [-0.15, -0.1) is 0 Å². The van der Waals surface area contributed by atoms with Crippen LogP contribution in [0.4, 0.5) is 0 Å². The van der Waals surface area contributed by atoms with Gasteiger partial charge in [0, 0.05) is 0 Å². The van der Waals surface area contributed by atoms with E-state index in [1.807, 2.05) is 20.8 Å². The molecular formula is C6H14N2O. The van der Waals surface area contributed by atoms with Crippen molar-refractivity contribution < 1.29 is 4.79 Å². The van der Waals surface area contributed by atoms with Gasteiger partial charge >= 0.3 is 0 Å². The summed E-state index contributed by atoms with van der Waals surface area (Å²) in [5.41, 5.74) is 10.2. The Labute approximate surface area is 55.4 Å². The number of hydrogen-bond donors (Lipinski definition) is 2. The summed E-state index contributed by atoms with van der Waals surface area (Å²) in [4.78, 5) is 10.4. The van der Waals surface area contributed by atoms with Gasteiger partial charge in [0.2, 0.25) is 5.91 Å². The molecule has 9 heavy (non-hydrogen) atoms. The third-order valence-corrected chi connectivity index (χ3v) is 1.24. The van der Waals surface area contributed by atoms with Gasteiger partial charge in [-0.1, -0.05) is 20.8 Å². The zero-order chi connectivity index (χ0) is 7.65. The molecule has 0 aliphatic rings. The van der Waals surface area contributed by atoms with Crippen molar-refractivity contribution >= 4 is 5.91 Å². The molecule has 3 nitrogen and oxygen atoms in total. The van der Waals surface area contributed by atoms with Crippen LogP contribution in [0.3, 0.4) is 0 Å². The molecule has 3 heteroatoms. The molecule has 0 aliphatic heterocycles. The molecule has 0 bridgehead atoms. The second-order valence-electron chi connectivity index (χ2n) is 3.25. The first-order valence-electron chi connectivity index (χ1n) is 2.90. The molecule has 1 atom stereocenters. The summed E-state index contributed by atoms with van der Waals surface area (Å²) < 4.78 is 0. The van der Waals surface area contributed by atoms with E-state index >= 15 is 0 Å². The molecule has 0 aromatic carbocycles. The molecule has 0 aromatic rings. The molecule has 0 fully saturated rings. The molecular weight excluding hydrogens is 116 g/mol. The second kappa shape index (κ2) is 2.35. The molecule has 4 N–H and O–H groups in total.